The third-order valence-corrected chi connectivity index (χ3v) is 11.7. The number of hydrogen-bond acceptors (Lipinski definition) is 3. The Morgan fingerprint density at radius 2 is 0.914 bits per heavy atom. The van der Waals surface area contributed by atoms with Crippen molar-refractivity contribution in [3.8, 4) is 44.5 Å². The Morgan fingerprint density at radius 3 is 1.48 bits per heavy atom. The van der Waals surface area contributed by atoms with Crippen molar-refractivity contribution in [1.82, 2.24) is 5.32 Å². The summed E-state index contributed by atoms with van der Waals surface area (Å²) in [6.07, 6.45) is -0.313. The summed E-state index contributed by atoms with van der Waals surface area (Å²) in [5.41, 5.74) is 17.9. The van der Waals surface area contributed by atoms with Crippen LogP contribution in [0.5, 0.6) is 0 Å². The van der Waals surface area contributed by atoms with Crippen LogP contribution in [0.3, 0.4) is 0 Å². The quantitative estimate of drug-likeness (QED) is 0.176. The summed E-state index contributed by atoms with van der Waals surface area (Å²) in [6, 6.07) is 71.0. The number of furan rings is 1. The van der Waals surface area contributed by atoms with Crippen molar-refractivity contribution in [3.05, 3.63) is 222 Å². The van der Waals surface area contributed by atoms with E-state index in [0.29, 0.717) is 0 Å². The van der Waals surface area contributed by atoms with Crippen molar-refractivity contribution in [2.24, 2.45) is 10.9 Å². The first-order valence-electron chi connectivity index (χ1n) is 20.1. The van der Waals surface area contributed by atoms with E-state index in [0.717, 1.165) is 61.2 Å². The van der Waals surface area contributed by atoms with Crippen LogP contribution >= 0.6 is 0 Å². The minimum Gasteiger partial charge on any atom is -0.455 e. The van der Waals surface area contributed by atoms with Gasteiger partial charge in [0.05, 0.1) is 5.71 Å². The van der Waals surface area contributed by atoms with E-state index < -0.39 is 0 Å². The summed E-state index contributed by atoms with van der Waals surface area (Å²) in [6.45, 7) is 4.52. The highest BCUT2D eigenvalue weighted by molar-refractivity contribution is 6.21. The summed E-state index contributed by atoms with van der Waals surface area (Å²) in [7, 11) is 0. The first kappa shape index (κ1) is 35.2. The number of nitrogens with zero attached hydrogens (tertiary/aromatic N) is 1. The van der Waals surface area contributed by atoms with Crippen molar-refractivity contribution in [3.63, 3.8) is 0 Å². The van der Waals surface area contributed by atoms with Crippen LogP contribution < -0.4 is 5.32 Å². The molecule has 0 fully saturated rings. The summed E-state index contributed by atoms with van der Waals surface area (Å²) < 4.78 is 6.78. The molecule has 0 saturated carbocycles. The summed E-state index contributed by atoms with van der Waals surface area (Å²) in [5.74, 6) is 0.0272. The molecule has 3 heteroatoms. The van der Waals surface area contributed by atoms with Gasteiger partial charge in [-0.2, -0.15) is 0 Å². The number of hydrogen-bond donors (Lipinski definition) is 1. The van der Waals surface area contributed by atoms with Crippen LogP contribution in [0.2, 0.25) is 0 Å². The predicted octanol–water partition coefficient (Wildman–Crippen LogP) is 14.4. The second-order valence-corrected chi connectivity index (χ2v) is 15.2. The molecule has 278 valence electrons. The zero-order valence-corrected chi connectivity index (χ0v) is 32.6. The molecule has 1 unspecified atom stereocenters. The Bertz CT molecular complexity index is 2940. The van der Waals surface area contributed by atoms with E-state index in [4.69, 9.17) is 9.41 Å². The van der Waals surface area contributed by atoms with Gasteiger partial charge in [0.25, 0.3) is 0 Å². The van der Waals surface area contributed by atoms with Crippen molar-refractivity contribution in [2.75, 3.05) is 0 Å². The van der Waals surface area contributed by atoms with Gasteiger partial charge in [0, 0.05) is 33.5 Å². The number of para-hydroxylation sites is 1. The van der Waals surface area contributed by atoms with Crippen molar-refractivity contribution in [1.29, 1.82) is 0 Å². The Hall–Kier alpha value is -7.23. The molecule has 1 N–H and O–H groups in total. The van der Waals surface area contributed by atoms with Crippen LogP contribution in [0.4, 0.5) is 0 Å². The number of allylic oxidation sites excluding steroid dienone is 1. The third-order valence-electron chi connectivity index (χ3n) is 11.7. The van der Waals surface area contributed by atoms with Gasteiger partial charge in [-0.1, -0.05) is 201 Å². The zero-order chi connectivity index (χ0) is 39.0. The highest BCUT2D eigenvalue weighted by Crippen LogP contribution is 2.41. The van der Waals surface area contributed by atoms with Gasteiger partial charge in [0.15, 0.2) is 0 Å². The molecule has 1 aliphatic rings. The fourth-order valence-corrected chi connectivity index (χ4v) is 8.44. The molecule has 2 heterocycles. The SMILES string of the molecule is CC1=C(c2ccccc2)NC(c2ccc(-c3ccc(-c4ccccc4)cc3)cc2)N=C(c2cccc3oc4c(-c5ccc(-c6ccccc6)cc5)cccc4c23)[C@@H]1C. The van der Waals surface area contributed by atoms with Crippen LogP contribution in [0.1, 0.15) is 36.7 Å². The van der Waals surface area contributed by atoms with E-state index in [2.05, 4.69) is 219 Å². The van der Waals surface area contributed by atoms with E-state index in [-0.39, 0.29) is 12.1 Å². The second-order valence-electron chi connectivity index (χ2n) is 15.2. The van der Waals surface area contributed by atoms with E-state index in [9.17, 15) is 0 Å². The normalized spacial score (nSPS) is 15.6. The number of fused-ring (bicyclic) bond motifs is 3. The molecule has 0 aliphatic carbocycles. The van der Waals surface area contributed by atoms with Gasteiger partial charge < -0.3 is 9.73 Å². The Kier molecular flexibility index (Phi) is 9.12. The maximum absolute atomic E-state index is 6.78. The van der Waals surface area contributed by atoms with Gasteiger partial charge in [0.2, 0.25) is 0 Å². The molecule has 0 amide bonds. The monoisotopic (exact) mass is 746 g/mol. The molecule has 10 rings (SSSR count). The number of benzene rings is 8. The first-order chi connectivity index (χ1) is 28.6. The second kappa shape index (κ2) is 15.0. The average molecular weight is 747 g/mol. The lowest BCUT2D eigenvalue weighted by Crippen LogP contribution is -2.18. The molecule has 0 saturated heterocycles. The van der Waals surface area contributed by atoms with Crippen molar-refractivity contribution in [2.45, 2.75) is 20.0 Å². The molecular formula is C55H42N2O. The van der Waals surface area contributed by atoms with Gasteiger partial charge in [-0.15, -0.1) is 0 Å². The van der Waals surface area contributed by atoms with Gasteiger partial charge in [-0.3, -0.25) is 4.99 Å². The Morgan fingerprint density at radius 1 is 0.448 bits per heavy atom. The molecule has 9 aromatic rings. The average Bonchev–Trinajstić information content (AvgIpc) is 3.63. The third kappa shape index (κ3) is 6.51. The fraction of sp³-hybridized carbons (Fsp3) is 0.0727. The van der Waals surface area contributed by atoms with Gasteiger partial charge >= 0.3 is 0 Å². The molecule has 58 heavy (non-hydrogen) atoms. The minimum atomic E-state index is -0.313. The lowest BCUT2D eigenvalue weighted by atomic mass is 9.87. The molecular weight excluding hydrogens is 705 g/mol. The van der Waals surface area contributed by atoms with Crippen LogP contribution in [-0.4, -0.2) is 5.71 Å². The maximum atomic E-state index is 6.78. The molecule has 0 bridgehead atoms. The maximum Gasteiger partial charge on any atom is 0.145 e. The highest BCUT2D eigenvalue weighted by Gasteiger charge is 2.28. The molecule has 1 aromatic heterocycles. The van der Waals surface area contributed by atoms with E-state index in [1.165, 1.54) is 39.0 Å². The fourth-order valence-electron chi connectivity index (χ4n) is 8.44. The molecule has 1 aliphatic heterocycles. The summed E-state index contributed by atoms with van der Waals surface area (Å²) in [5, 5.41) is 6.09. The topological polar surface area (TPSA) is 37.5 Å². The smallest absolute Gasteiger partial charge is 0.145 e. The van der Waals surface area contributed by atoms with Gasteiger partial charge in [-0.25, -0.2) is 0 Å². The van der Waals surface area contributed by atoms with Crippen LogP contribution in [0, 0.1) is 5.92 Å². The van der Waals surface area contributed by atoms with Crippen LogP contribution in [-0.2, 0) is 0 Å². The highest BCUT2D eigenvalue weighted by atomic mass is 16.3. The minimum absolute atomic E-state index is 0.0272. The summed E-state index contributed by atoms with van der Waals surface area (Å²) in [4.78, 5) is 5.65. The Labute approximate surface area is 339 Å². The number of aliphatic imine (C=N–C) groups is 1. The lowest BCUT2D eigenvalue weighted by Gasteiger charge is -2.20. The van der Waals surface area contributed by atoms with Crippen LogP contribution in [0.15, 0.2) is 215 Å². The lowest BCUT2D eigenvalue weighted by molar-refractivity contribution is 0.669. The molecule has 0 spiro atoms. The zero-order valence-electron chi connectivity index (χ0n) is 32.6. The van der Waals surface area contributed by atoms with E-state index in [1.54, 1.807) is 0 Å². The predicted molar refractivity (Wildman–Crippen MR) is 243 cm³/mol. The van der Waals surface area contributed by atoms with E-state index >= 15 is 0 Å². The van der Waals surface area contributed by atoms with Crippen molar-refractivity contribution < 1.29 is 4.42 Å². The molecule has 2 atom stereocenters. The van der Waals surface area contributed by atoms with Crippen LogP contribution in [0.25, 0.3) is 72.1 Å². The molecule has 3 nitrogen and oxygen atoms in total. The first-order valence-corrected chi connectivity index (χ1v) is 20.1. The molecule has 8 aromatic carbocycles. The standard InChI is InChI=1S/C55H42N2O/c1-36-37(2)53(48-21-13-23-50-51(48)49-22-12-20-47(54(49)58-50)44-32-28-41(29-33-44)39-16-8-4-9-17-39)57-55(56-52(36)45-18-10-5-11-19-45)46-34-30-43(31-35-46)42-26-24-40(25-27-42)38-14-6-3-7-15-38/h3-35,37,55-56H,1-2H3/t37-,55?/m1/s1. The largest absolute Gasteiger partial charge is 0.455 e. The number of rotatable bonds is 7. The van der Waals surface area contributed by atoms with Gasteiger partial charge in [0.1, 0.15) is 17.3 Å². The van der Waals surface area contributed by atoms with Crippen molar-refractivity contribution >= 4 is 33.3 Å². The Balaban J connectivity index is 1.06. The van der Waals surface area contributed by atoms with E-state index in [1.807, 2.05) is 0 Å². The molecule has 0 radical (unpaired) electrons. The number of nitrogens with one attached hydrogen (secondary N) is 1. The summed E-state index contributed by atoms with van der Waals surface area (Å²) >= 11 is 0. The van der Waals surface area contributed by atoms with Gasteiger partial charge in [-0.05, 0) is 68.6 Å².